The SMILES string of the molecule is CC(=NNC(=O)C1C(=O)NCC1c1ccccc1)c1cc(Br)cs1. The molecule has 7 heteroatoms. The highest BCUT2D eigenvalue weighted by molar-refractivity contribution is 9.10. The number of carbonyl (C=O) groups is 2. The Labute approximate surface area is 152 Å². The Balaban J connectivity index is 1.74. The molecule has 24 heavy (non-hydrogen) atoms. The Morgan fingerprint density at radius 2 is 2.12 bits per heavy atom. The zero-order chi connectivity index (χ0) is 17.1. The summed E-state index contributed by atoms with van der Waals surface area (Å²) in [5.41, 5.74) is 4.22. The lowest BCUT2D eigenvalue weighted by Gasteiger charge is -2.15. The van der Waals surface area contributed by atoms with E-state index in [0.29, 0.717) is 12.3 Å². The van der Waals surface area contributed by atoms with E-state index in [9.17, 15) is 9.59 Å². The monoisotopic (exact) mass is 405 g/mol. The Hall–Kier alpha value is -1.99. The molecule has 2 unspecified atom stereocenters. The molecule has 2 aromatic rings. The lowest BCUT2D eigenvalue weighted by Crippen LogP contribution is -2.35. The zero-order valence-electron chi connectivity index (χ0n) is 13.0. The quantitative estimate of drug-likeness (QED) is 0.466. The minimum absolute atomic E-state index is 0.176. The average molecular weight is 406 g/mol. The number of nitrogens with one attached hydrogen (secondary N) is 2. The number of nitrogens with zero attached hydrogens (tertiary/aromatic N) is 1. The van der Waals surface area contributed by atoms with Crippen LogP contribution in [-0.4, -0.2) is 24.1 Å². The highest BCUT2D eigenvalue weighted by atomic mass is 79.9. The molecule has 5 nitrogen and oxygen atoms in total. The van der Waals surface area contributed by atoms with Gasteiger partial charge in [0.15, 0.2) is 0 Å². The standard InChI is InChI=1S/C17H16BrN3O2S/c1-10(14-7-12(18)9-24-14)20-21-17(23)15-13(8-19-16(15)22)11-5-3-2-4-6-11/h2-7,9,13,15H,8H2,1H3,(H,19,22)(H,21,23). The van der Waals surface area contributed by atoms with E-state index in [0.717, 1.165) is 14.9 Å². The van der Waals surface area contributed by atoms with Crippen molar-refractivity contribution in [3.8, 4) is 0 Å². The van der Waals surface area contributed by atoms with E-state index in [1.165, 1.54) is 11.3 Å². The van der Waals surface area contributed by atoms with Crippen molar-refractivity contribution in [1.29, 1.82) is 0 Å². The van der Waals surface area contributed by atoms with E-state index in [4.69, 9.17) is 0 Å². The summed E-state index contributed by atoms with van der Waals surface area (Å²) in [6.45, 7) is 2.28. The van der Waals surface area contributed by atoms with Gasteiger partial charge in [0, 0.05) is 22.3 Å². The predicted octanol–water partition coefficient (Wildman–Crippen LogP) is 2.88. The molecule has 0 bridgehead atoms. The molecule has 1 saturated heterocycles. The number of hydrogen-bond donors (Lipinski definition) is 2. The highest BCUT2D eigenvalue weighted by Gasteiger charge is 2.40. The van der Waals surface area contributed by atoms with Gasteiger partial charge in [0.1, 0.15) is 5.92 Å². The minimum atomic E-state index is -0.765. The molecule has 0 radical (unpaired) electrons. The molecule has 2 amide bonds. The number of carbonyl (C=O) groups excluding carboxylic acids is 2. The number of rotatable bonds is 4. The van der Waals surface area contributed by atoms with Gasteiger partial charge in [-0.2, -0.15) is 5.10 Å². The van der Waals surface area contributed by atoms with Crippen molar-refractivity contribution in [1.82, 2.24) is 10.7 Å². The van der Waals surface area contributed by atoms with Crippen LogP contribution in [0.15, 0.2) is 51.4 Å². The fourth-order valence-corrected chi connectivity index (χ4v) is 4.08. The van der Waals surface area contributed by atoms with E-state index in [1.54, 1.807) is 0 Å². The van der Waals surface area contributed by atoms with E-state index in [2.05, 4.69) is 31.8 Å². The topological polar surface area (TPSA) is 70.6 Å². The first-order chi connectivity index (χ1) is 11.6. The van der Waals surface area contributed by atoms with E-state index >= 15 is 0 Å². The molecule has 1 aromatic heterocycles. The van der Waals surface area contributed by atoms with Crippen molar-refractivity contribution >= 4 is 44.8 Å². The molecule has 0 spiro atoms. The molecule has 0 aliphatic carbocycles. The second kappa shape index (κ2) is 7.27. The summed E-state index contributed by atoms with van der Waals surface area (Å²) in [4.78, 5) is 25.5. The Kier molecular flexibility index (Phi) is 5.11. The third-order valence-electron chi connectivity index (χ3n) is 3.95. The summed E-state index contributed by atoms with van der Waals surface area (Å²) in [6, 6.07) is 11.5. The number of hydrazone groups is 1. The Morgan fingerprint density at radius 1 is 1.38 bits per heavy atom. The lowest BCUT2D eigenvalue weighted by atomic mass is 9.88. The van der Waals surface area contributed by atoms with Gasteiger partial charge in [-0.3, -0.25) is 9.59 Å². The fraction of sp³-hybridized carbons (Fsp3) is 0.235. The van der Waals surface area contributed by atoms with Crippen LogP contribution in [0.3, 0.4) is 0 Å². The molecular formula is C17H16BrN3O2S. The van der Waals surface area contributed by atoms with Crippen LogP contribution < -0.4 is 10.7 Å². The van der Waals surface area contributed by atoms with Crippen molar-refractivity contribution in [2.75, 3.05) is 6.54 Å². The van der Waals surface area contributed by atoms with Crippen molar-refractivity contribution in [3.05, 3.63) is 56.7 Å². The summed E-state index contributed by atoms with van der Waals surface area (Å²) in [5.74, 6) is -1.58. The second-order valence-electron chi connectivity index (χ2n) is 5.54. The third kappa shape index (κ3) is 3.57. The van der Waals surface area contributed by atoms with Crippen molar-refractivity contribution < 1.29 is 9.59 Å². The van der Waals surface area contributed by atoms with Crippen LogP contribution >= 0.6 is 27.3 Å². The van der Waals surface area contributed by atoms with Gasteiger partial charge in [0.05, 0.1) is 10.6 Å². The number of benzene rings is 1. The smallest absolute Gasteiger partial charge is 0.253 e. The van der Waals surface area contributed by atoms with Crippen LogP contribution in [0.5, 0.6) is 0 Å². The first-order valence-electron chi connectivity index (χ1n) is 7.47. The summed E-state index contributed by atoms with van der Waals surface area (Å²) >= 11 is 4.92. The highest BCUT2D eigenvalue weighted by Crippen LogP contribution is 2.29. The molecule has 0 saturated carbocycles. The maximum absolute atomic E-state index is 12.5. The zero-order valence-corrected chi connectivity index (χ0v) is 15.4. The molecule has 2 N–H and O–H groups in total. The van der Waals surface area contributed by atoms with Crippen molar-refractivity contribution in [2.24, 2.45) is 11.0 Å². The maximum atomic E-state index is 12.5. The molecule has 2 atom stereocenters. The van der Waals surface area contributed by atoms with Gasteiger partial charge in [-0.25, -0.2) is 5.43 Å². The van der Waals surface area contributed by atoms with Gasteiger partial charge in [-0.15, -0.1) is 11.3 Å². The number of halogens is 1. The van der Waals surface area contributed by atoms with Crippen LogP contribution in [0.1, 0.15) is 23.3 Å². The van der Waals surface area contributed by atoms with Gasteiger partial charge < -0.3 is 5.32 Å². The molecule has 3 rings (SSSR count). The fourth-order valence-electron chi connectivity index (χ4n) is 2.70. The Bertz CT molecular complexity index is 788. The number of hydrogen-bond acceptors (Lipinski definition) is 4. The third-order valence-corrected chi connectivity index (χ3v) is 5.75. The van der Waals surface area contributed by atoms with Gasteiger partial charge in [0.25, 0.3) is 5.91 Å². The molecule has 1 aromatic carbocycles. The molecule has 2 heterocycles. The molecule has 1 aliphatic rings. The number of thiophene rings is 1. The van der Waals surface area contributed by atoms with Crippen LogP contribution in [0.2, 0.25) is 0 Å². The minimum Gasteiger partial charge on any atom is -0.355 e. The van der Waals surface area contributed by atoms with Crippen molar-refractivity contribution in [3.63, 3.8) is 0 Å². The van der Waals surface area contributed by atoms with Crippen LogP contribution in [-0.2, 0) is 9.59 Å². The second-order valence-corrected chi connectivity index (χ2v) is 7.37. The normalized spacial score (nSPS) is 20.8. The first-order valence-corrected chi connectivity index (χ1v) is 9.14. The largest absolute Gasteiger partial charge is 0.355 e. The van der Waals surface area contributed by atoms with E-state index in [-0.39, 0.29) is 17.7 Å². The van der Waals surface area contributed by atoms with Gasteiger partial charge >= 0.3 is 0 Å². The van der Waals surface area contributed by atoms with Gasteiger partial charge in [0.2, 0.25) is 5.91 Å². The van der Waals surface area contributed by atoms with Crippen LogP contribution in [0.4, 0.5) is 0 Å². The summed E-state index contributed by atoms with van der Waals surface area (Å²) in [7, 11) is 0. The van der Waals surface area contributed by atoms with Gasteiger partial charge in [-0.1, -0.05) is 30.3 Å². The van der Waals surface area contributed by atoms with Crippen molar-refractivity contribution in [2.45, 2.75) is 12.8 Å². The summed E-state index contributed by atoms with van der Waals surface area (Å²) in [5, 5.41) is 8.86. The molecular weight excluding hydrogens is 390 g/mol. The predicted molar refractivity (Wildman–Crippen MR) is 98.1 cm³/mol. The van der Waals surface area contributed by atoms with Crippen LogP contribution in [0, 0.1) is 5.92 Å². The molecule has 1 fully saturated rings. The average Bonchev–Trinajstić information content (AvgIpc) is 3.19. The Morgan fingerprint density at radius 3 is 2.79 bits per heavy atom. The van der Waals surface area contributed by atoms with E-state index < -0.39 is 5.92 Å². The maximum Gasteiger partial charge on any atom is 0.253 e. The summed E-state index contributed by atoms with van der Waals surface area (Å²) in [6.07, 6.45) is 0. The first kappa shape index (κ1) is 16.9. The molecule has 1 aliphatic heterocycles. The van der Waals surface area contributed by atoms with Crippen LogP contribution in [0.25, 0.3) is 0 Å². The summed E-state index contributed by atoms with van der Waals surface area (Å²) < 4.78 is 0.975. The van der Waals surface area contributed by atoms with E-state index in [1.807, 2.05) is 48.7 Å². The van der Waals surface area contributed by atoms with Gasteiger partial charge in [-0.05, 0) is 34.5 Å². The number of amides is 2. The lowest BCUT2D eigenvalue weighted by molar-refractivity contribution is -0.133. The molecule has 124 valence electrons.